The zero-order chi connectivity index (χ0) is 24.0. The highest BCUT2D eigenvalue weighted by Crippen LogP contribution is 2.71. The van der Waals surface area contributed by atoms with Crippen LogP contribution in [0.3, 0.4) is 0 Å². The Labute approximate surface area is 187 Å². The number of fused-ring (bicyclic) bond motifs is 2. The number of amides is 2. The third-order valence-electron chi connectivity index (χ3n) is 7.67. The van der Waals surface area contributed by atoms with Crippen LogP contribution in [0.15, 0.2) is 18.2 Å². The number of nitrogens with one attached hydrogen (secondary N) is 1. The molecule has 11 heteroatoms. The van der Waals surface area contributed by atoms with Crippen LogP contribution in [0.5, 0.6) is 0 Å². The molecule has 4 saturated heterocycles. The van der Waals surface area contributed by atoms with Gasteiger partial charge in [0, 0.05) is 25.1 Å². The van der Waals surface area contributed by atoms with E-state index >= 15 is 0 Å². The molecule has 2 amide bonds. The average Bonchev–Trinajstić information content (AvgIpc) is 3.27. The normalized spacial score (nSPS) is 38.9. The van der Waals surface area contributed by atoms with Crippen molar-refractivity contribution in [3.05, 3.63) is 29.3 Å². The second-order valence-electron chi connectivity index (χ2n) is 9.18. The van der Waals surface area contributed by atoms with E-state index in [1.807, 2.05) is 0 Å². The molecule has 1 aromatic carbocycles. The smallest absolute Gasteiger partial charge is 0.390 e. The summed E-state index contributed by atoms with van der Waals surface area (Å²) in [4.78, 5) is 28.6. The molecule has 4 heterocycles. The summed E-state index contributed by atoms with van der Waals surface area (Å²) in [5.41, 5.74) is -6.28. The van der Waals surface area contributed by atoms with Gasteiger partial charge in [0.15, 0.2) is 5.41 Å². The number of anilines is 1. The first-order chi connectivity index (χ1) is 15.5. The molecule has 0 aromatic heterocycles. The molecule has 33 heavy (non-hydrogen) atoms. The Hall–Kier alpha value is -2.68. The number of carbonyl (C=O) groups is 2. The molecule has 1 aromatic rings. The first-order valence-electron chi connectivity index (χ1n) is 10.7. The van der Waals surface area contributed by atoms with Crippen LogP contribution in [0.1, 0.15) is 37.8 Å². The predicted octanol–water partition coefficient (Wildman–Crippen LogP) is 1.70. The highest BCUT2D eigenvalue weighted by Gasteiger charge is 2.87. The number of aliphatic hydroxyl groups excluding tert-OH is 1. The zero-order valence-corrected chi connectivity index (χ0v) is 17.9. The van der Waals surface area contributed by atoms with E-state index in [4.69, 9.17) is 14.7 Å². The molecule has 0 radical (unpaired) electrons. The Bertz CT molecular complexity index is 1100. The number of halogens is 3. The van der Waals surface area contributed by atoms with Crippen LogP contribution >= 0.6 is 0 Å². The average molecular weight is 465 g/mol. The minimum atomic E-state index is -4.82. The lowest BCUT2D eigenvalue weighted by molar-refractivity contribution is -0.165. The summed E-state index contributed by atoms with van der Waals surface area (Å²) in [6.07, 6.45) is -6.61. The van der Waals surface area contributed by atoms with Crippen LogP contribution in [0.2, 0.25) is 0 Å². The third-order valence-corrected chi connectivity index (χ3v) is 7.67. The Balaban J connectivity index is 1.72. The van der Waals surface area contributed by atoms with Crippen molar-refractivity contribution in [1.82, 2.24) is 5.32 Å². The second kappa shape index (κ2) is 6.68. The molecular weight excluding hydrogens is 443 g/mol. The number of hydrogen-bond donors (Lipinski definition) is 2. The second-order valence-corrected chi connectivity index (χ2v) is 9.18. The number of hydrogen-bond acceptors (Lipinski definition) is 6. The summed E-state index contributed by atoms with van der Waals surface area (Å²) in [6.45, 7) is 3.60. The lowest BCUT2D eigenvalue weighted by atomic mass is 9.55. The molecule has 0 saturated carbocycles. The van der Waals surface area contributed by atoms with Gasteiger partial charge in [0.1, 0.15) is 11.8 Å². The van der Waals surface area contributed by atoms with Gasteiger partial charge in [-0.25, -0.2) is 0 Å². The summed E-state index contributed by atoms with van der Waals surface area (Å²) in [7, 11) is 0. The van der Waals surface area contributed by atoms with Crippen LogP contribution in [0.25, 0.3) is 0 Å². The van der Waals surface area contributed by atoms with Gasteiger partial charge in [-0.2, -0.15) is 18.4 Å². The van der Waals surface area contributed by atoms with Crippen molar-refractivity contribution in [1.29, 1.82) is 5.26 Å². The van der Waals surface area contributed by atoms with E-state index in [1.54, 1.807) is 13.8 Å². The molecule has 0 aliphatic carbocycles. The minimum absolute atomic E-state index is 0.0358. The SMILES string of the molecule is CCNC(=O)[C@@]12C(=O)N(c3ccc(C#N)c(C(F)(F)F)c3)[C@H]3OCC[C@@]4(O[C@]1(C)C[C@@H]4O)[C@H]32. The quantitative estimate of drug-likeness (QED) is 0.658. The maximum Gasteiger partial charge on any atom is 0.417 e. The lowest BCUT2D eigenvalue weighted by Crippen LogP contribution is -2.65. The predicted molar refractivity (Wildman–Crippen MR) is 105 cm³/mol. The standard InChI is InChI=1S/C22H22F3N3O5/c1-3-27-17(30)21-15-16(32-7-6-20(15)14(29)9-19(21,2)33-20)28(18(21)31)12-5-4-11(10-26)13(8-12)22(23,24)25/h4-5,8,14-16,29H,3,6-7,9H2,1-2H3,(H,27,30)/t14-,15-,16-,19+,20-,21-/m0/s1. The van der Waals surface area contributed by atoms with E-state index in [-0.39, 0.29) is 31.7 Å². The number of carbonyl (C=O) groups excluding carboxylic acids is 2. The number of rotatable bonds is 3. The van der Waals surface area contributed by atoms with E-state index in [1.165, 1.54) is 12.1 Å². The van der Waals surface area contributed by atoms with Crippen molar-refractivity contribution in [3.8, 4) is 6.07 Å². The summed E-state index contributed by atoms with van der Waals surface area (Å²) in [6, 6.07) is 4.49. The number of ether oxygens (including phenoxy) is 2. The van der Waals surface area contributed by atoms with Gasteiger partial charge in [-0.3, -0.25) is 14.5 Å². The Morgan fingerprint density at radius 1 is 1.42 bits per heavy atom. The fourth-order valence-corrected chi connectivity index (χ4v) is 6.49. The number of aliphatic hydroxyl groups is 1. The monoisotopic (exact) mass is 465 g/mol. The van der Waals surface area contributed by atoms with Crippen molar-refractivity contribution >= 4 is 17.5 Å². The van der Waals surface area contributed by atoms with Crippen molar-refractivity contribution in [2.75, 3.05) is 18.1 Å². The summed E-state index contributed by atoms with van der Waals surface area (Å²) in [5, 5.41) is 22.7. The maximum atomic E-state index is 14.1. The van der Waals surface area contributed by atoms with Crippen LogP contribution in [0, 0.1) is 22.7 Å². The van der Waals surface area contributed by atoms with Gasteiger partial charge < -0.3 is 19.9 Å². The van der Waals surface area contributed by atoms with Crippen molar-refractivity contribution < 1.29 is 37.3 Å². The molecule has 2 N–H and O–H groups in total. The van der Waals surface area contributed by atoms with Crippen molar-refractivity contribution in [3.63, 3.8) is 0 Å². The Morgan fingerprint density at radius 3 is 2.79 bits per heavy atom. The Morgan fingerprint density at radius 2 is 2.15 bits per heavy atom. The highest BCUT2D eigenvalue weighted by atomic mass is 19.4. The fourth-order valence-electron chi connectivity index (χ4n) is 6.49. The minimum Gasteiger partial charge on any atom is -0.390 e. The first-order valence-corrected chi connectivity index (χ1v) is 10.7. The molecule has 6 atom stereocenters. The molecule has 8 nitrogen and oxygen atoms in total. The zero-order valence-electron chi connectivity index (χ0n) is 17.9. The van der Waals surface area contributed by atoms with Gasteiger partial charge in [0.2, 0.25) is 11.8 Å². The Kier molecular flexibility index (Phi) is 4.48. The van der Waals surface area contributed by atoms with Gasteiger partial charge in [-0.15, -0.1) is 0 Å². The van der Waals surface area contributed by atoms with Gasteiger partial charge in [0.25, 0.3) is 0 Å². The molecule has 1 spiro atoms. The number of nitrogens with zero attached hydrogens (tertiary/aromatic N) is 2. The van der Waals surface area contributed by atoms with Crippen molar-refractivity contribution in [2.24, 2.45) is 11.3 Å². The molecule has 2 bridgehead atoms. The van der Waals surface area contributed by atoms with E-state index in [0.29, 0.717) is 0 Å². The summed E-state index contributed by atoms with van der Waals surface area (Å²) >= 11 is 0. The molecule has 0 unspecified atom stereocenters. The van der Waals surface area contributed by atoms with E-state index < -0.39 is 64.0 Å². The summed E-state index contributed by atoms with van der Waals surface area (Å²) in [5.74, 6) is -2.25. The largest absolute Gasteiger partial charge is 0.417 e. The van der Waals surface area contributed by atoms with Gasteiger partial charge >= 0.3 is 6.18 Å². The number of benzene rings is 1. The van der Waals surface area contributed by atoms with E-state index in [0.717, 1.165) is 17.0 Å². The molecule has 5 rings (SSSR count). The number of alkyl halides is 3. The fraction of sp³-hybridized carbons (Fsp3) is 0.591. The molecule has 176 valence electrons. The molecule has 4 aliphatic heterocycles. The van der Waals surface area contributed by atoms with Gasteiger partial charge in [-0.05, 0) is 32.0 Å². The van der Waals surface area contributed by atoms with E-state index in [2.05, 4.69) is 5.32 Å². The van der Waals surface area contributed by atoms with E-state index in [9.17, 15) is 27.9 Å². The topological polar surface area (TPSA) is 112 Å². The van der Waals surface area contributed by atoms with Crippen LogP contribution < -0.4 is 10.2 Å². The third kappa shape index (κ3) is 2.46. The summed E-state index contributed by atoms with van der Waals surface area (Å²) < 4.78 is 53.0. The number of nitriles is 1. The molecule has 4 fully saturated rings. The molecule has 4 aliphatic rings. The van der Waals surface area contributed by atoms with Crippen molar-refractivity contribution in [2.45, 2.75) is 56.4 Å². The maximum absolute atomic E-state index is 14.1. The first kappa shape index (κ1) is 22.1. The van der Waals surface area contributed by atoms with Crippen LogP contribution in [0.4, 0.5) is 18.9 Å². The van der Waals surface area contributed by atoms with Gasteiger partial charge in [-0.1, -0.05) is 0 Å². The lowest BCUT2D eigenvalue weighted by Gasteiger charge is -2.46. The highest BCUT2D eigenvalue weighted by molar-refractivity contribution is 6.16. The van der Waals surface area contributed by atoms with Gasteiger partial charge in [0.05, 0.1) is 41.4 Å². The molecular formula is C22H22F3N3O5. The van der Waals surface area contributed by atoms with Crippen LogP contribution in [-0.4, -0.2) is 53.6 Å². The van der Waals surface area contributed by atoms with Crippen LogP contribution in [-0.2, 0) is 25.2 Å².